The van der Waals surface area contributed by atoms with Crippen molar-refractivity contribution in [2.45, 2.75) is 20.0 Å². The summed E-state index contributed by atoms with van der Waals surface area (Å²) in [4.78, 5) is 4.36. The van der Waals surface area contributed by atoms with Crippen molar-refractivity contribution >= 4 is 16.7 Å². The summed E-state index contributed by atoms with van der Waals surface area (Å²) in [7, 11) is 0. The Morgan fingerprint density at radius 1 is 1.30 bits per heavy atom. The van der Waals surface area contributed by atoms with Gasteiger partial charge in [-0.15, -0.1) is 0 Å². The minimum atomic E-state index is -4.36. The lowest BCUT2D eigenvalue weighted by Gasteiger charge is -2.13. The van der Waals surface area contributed by atoms with E-state index in [1.165, 1.54) is 6.07 Å². The minimum absolute atomic E-state index is 0.138. The largest absolute Gasteiger partial charge is 0.482 e. The van der Waals surface area contributed by atoms with Crippen LogP contribution >= 0.6 is 0 Å². The Morgan fingerprint density at radius 3 is 2.70 bits per heavy atom. The highest BCUT2D eigenvalue weighted by molar-refractivity contribution is 5.86. The number of aromatic nitrogens is 1. The summed E-state index contributed by atoms with van der Waals surface area (Å²) in [5.41, 5.74) is 1.37. The topological polar surface area (TPSA) is 34.2 Å². The molecule has 0 aliphatic carbocycles. The van der Waals surface area contributed by atoms with Crippen molar-refractivity contribution in [3.8, 4) is 5.75 Å². The lowest BCUT2D eigenvalue weighted by molar-refractivity contribution is -0.153. The standard InChI is InChI=1S/C14H15F3N2O/c1-3-18-13-9(2)7-10-5-4-6-11(12(10)19-13)20-8-14(15,16)17/h4-7H,3,8H2,1-2H3,(H,18,19). The van der Waals surface area contributed by atoms with Gasteiger partial charge >= 0.3 is 6.18 Å². The lowest BCUT2D eigenvalue weighted by Crippen LogP contribution is -2.19. The molecule has 20 heavy (non-hydrogen) atoms. The van der Waals surface area contributed by atoms with E-state index < -0.39 is 12.8 Å². The van der Waals surface area contributed by atoms with Gasteiger partial charge in [-0.3, -0.25) is 0 Å². The van der Waals surface area contributed by atoms with Gasteiger partial charge in [-0.05, 0) is 31.5 Å². The van der Waals surface area contributed by atoms with E-state index in [9.17, 15) is 13.2 Å². The first-order valence-corrected chi connectivity index (χ1v) is 6.24. The quantitative estimate of drug-likeness (QED) is 0.924. The molecule has 0 aliphatic heterocycles. The number of benzene rings is 1. The number of ether oxygens (including phenoxy) is 1. The molecule has 0 saturated carbocycles. The molecule has 108 valence electrons. The summed E-state index contributed by atoms with van der Waals surface area (Å²) >= 11 is 0. The van der Waals surface area contributed by atoms with Gasteiger partial charge in [0.15, 0.2) is 6.61 Å². The van der Waals surface area contributed by atoms with Crippen molar-refractivity contribution in [1.29, 1.82) is 0 Å². The third-order valence-electron chi connectivity index (χ3n) is 2.73. The highest BCUT2D eigenvalue weighted by atomic mass is 19.4. The van der Waals surface area contributed by atoms with Crippen LogP contribution in [0.25, 0.3) is 10.9 Å². The van der Waals surface area contributed by atoms with Crippen molar-refractivity contribution in [2.75, 3.05) is 18.5 Å². The third-order valence-corrected chi connectivity index (χ3v) is 2.73. The number of hydrogen-bond acceptors (Lipinski definition) is 3. The van der Waals surface area contributed by atoms with Gasteiger partial charge < -0.3 is 10.1 Å². The first-order valence-electron chi connectivity index (χ1n) is 6.24. The smallest absolute Gasteiger partial charge is 0.422 e. The summed E-state index contributed by atoms with van der Waals surface area (Å²) in [5, 5.41) is 3.83. The van der Waals surface area contributed by atoms with E-state index in [2.05, 4.69) is 10.3 Å². The average molecular weight is 284 g/mol. The van der Waals surface area contributed by atoms with E-state index >= 15 is 0 Å². The molecule has 0 aliphatic rings. The van der Waals surface area contributed by atoms with Crippen LogP contribution in [0.2, 0.25) is 0 Å². The summed E-state index contributed by atoms with van der Waals surface area (Å²) in [5.74, 6) is 0.794. The van der Waals surface area contributed by atoms with E-state index in [0.717, 1.165) is 10.9 Å². The number of hydrogen-bond donors (Lipinski definition) is 1. The van der Waals surface area contributed by atoms with Crippen LogP contribution in [0, 0.1) is 6.92 Å². The first-order chi connectivity index (χ1) is 9.40. The van der Waals surface area contributed by atoms with Gasteiger partial charge in [0.2, 0.25) is 0 Å². The molecule has 0 bridgehead atoms. The lowest BCUT2D eigenvalue weighted by atomic mass is 10.1. The van der Waals surface area contributed by atoms with Crippen molar-refractivity contribution < 1.29 is 17.9 Å². The summed E-state index contributed by atoms with van der Waals surface area (Å²) in [6, 6.07) is 6.82. The Morgan fingerprint density at radius 2 is 2.05 bits per heavy atom. The van der Waals surface area contributed by atoms with Gasteiger partial charge in [0.05, 0.1) is 0 Å². The molecular weight excluding hydrogens is 269 g/mol. The number of fused-ring (bicyclic) bond motifs is 1. The molecule has 1 heterocycles. The molecule has 0 radical (unpaired) electrons. The van der Waals surface area contributed by atoms with E-state index in [1.54, 1.807) is 12.1 Å². The highest BCUT2D eigenvalue weighted by Gasteiger charge is 2.28. The van der Waals surface area contributed by atoms with E-state index in [-0.39, 0.29) is 5.75 Å². The number of nitrogens with one attached hydrogen (secondary N) is 1. The van der Waals surface area contributed by atoms with Crippen LogP contribution in [-0.4, -0.2) is 24.3 Å². The molecule has 1 aromatic carbocycles. The Kier molecular flexibility index (Phi) is 4.01. The molecule has 1 N–H and O–H groups in total. The summed E-state index contributed by atoms with van der Waals surface area (Å²) in [6.07, 6.45) is -4.36. The fraction of sp³-hybridized carbons (Fsp3) is 0.357. The molecule has 0 spiro atoms. The zero-order valence-electron chi connectivity index (χ0n) is 11.2. The maximum absolute atomic E-state index is 12.2. The van der Waals surface area contributed by atoms with Crippen LogP contribution in [0.4, 0.5) is 19.0 Å². The van der Waals surface area contributed by atoms with Crippen molar-refractivity contribution in [3.63, 3.8) is 0 Å². The zero-order chi connectivity index (χ0) is 14.8. The molecule has 0 fully saturated rings. The Balaban J connectivity index is 2.41. The summed E-state index contributed by atoms with van der Waals surface area (Å²) in [6.45, 7) is 3.19. The maximum Gasteiger partial charge on any atom is 0.422 e. The predicted octanol–water partition coefficient (Wildman–Crippen LogP) is 3.92. The summed E-state index contributed by atoms with van der Waals surface area (Å²) < 4.78 is 41.6. The number of alkyl halides is 3. The van der Waals surface area contributed by atoms with Gasteiger partial charge in [0.25, 0.3) is 0 Å². The van der Waals surface area contributed by atoms with Crippen LogP contribution in [0.1, 0.15) is 12.5 Å². The van der Waals surface area contributed by atoms with E-state index in [1.807, 2.05) is 19.9 Å². The van der Waals surface area contributed by atoms with Crippen LogP contribution in [0.5, 0.6) is 5.75 Å². The van der Waals surface area contributed by atoms with Crippen molar-refractivity contribution in [1.82, 2.24) is 4.98 Å². The van der Waals surface area contributed by atoms with Gasteiger partial charge in [-0.1, -0.05) is 12.1 Å². The number of anilines is 1. The molecule has 0 saturated heterocycles. The van der Waals surface area contributed by atoms with Crippen LogP contribution in [0.15, 0.2) is 24.3 Å². The molecule has 1 aromatic heterocycles. The number of aryl methyl sites for hydroxylation is 1. The number of rotatable bonds is 4. The van der Waals surface area contributed by atoms with E-state index in [0.29, 0.717) is 17.9 Å². The maximum atomic E-state index is 12.2. The molecular formula is C14H15F3N2O. The molecule has 0 unspecified atom stereocenters. The number of pyridine rings is 1. The number of nitrogens with zero attached hydrogens (tertiary/aromatic N) is 1. The number of para-hydroxylation sites is 1. The van der Waals surface area contributed by atoms with Gasteiger partial charge in [-0.2, -0.15) is 13.2 Å². The first kappa shape index (κ1) is 14.4. The van der Waals surface area contributed by atoms with Crippen LogP contribution in [-0.2, 0) is 0 Å². The zero-order valence-corrected chi connectivity index (χ0v) is 11.2. The monoisotopic (exact) mass is 284 g/mol. The molecule has 2 rings (SSSR count). The number of halogens is 3. The minimum Gasteiger partial charge on any atom is -0.482 e. The Hall–Kier alpha value is -1.98. The van der Waals surface area contributed by atoms with Crippen molar-refractivity contribution in [3.05, 3.63) is 29.8 Å². The molecule has 0 amide bonds. The fourth-order valence-electron chi connectivity index (χ4n) is 1.90. The second-order valence-corrected chi connectivity index (χ2v) is 4.42. The van der Waals surface area contributed by atoms with Gasteiger partial charge in [-0.25, -0.2) is 4.98 Å². The predicted molar refractivity (Wildman–Crippen MR) is 72.2 cm³/mol. The normalized spacial score (nSPS) is 11.7. The fourth-order valence-corrected chi connectivity index (χ4v) is 1.90. The molecule has 6 heteroatoms. The van der Waals surface area contributed by atoms with Crippen LogP contribution < -0.4 is 10.1 Å². The average Bonchev–Trinajstić information content (AvgIpc) is 2.36. The van der Waals surface area contributed by atoms with E-state index in [4.69, 9.17) is 4.74 Å². The van der Waals surface area contributed by atoms with Crippen molar-refractivity contribution in [2.24, 2.45) is 0 Å². The molecule has 2 aromatic rings. The molecule has 0 atom stereocenters. The second kappa shape index (κ2) is 5.56. The molecule has 3 nitrogen and oxygen atoms in total. The van der Waals surface area contributed by atoms with Gasteiger partial charge in [0, 0.05) is 11.9 Å². The Labute approximate surface area is 114 Å². The SMILES string of the molecule is CCNc1nc2c(OCC(F)(F)F)cccc2cc1C. The van der Waals surface area contributed by atoms with Gasteiger partial charge in [0.1, 0.15) is 17.1 Å². The van der Waals surface area contributed by atoms with Crippen LogP contribution in [0.3, 0.4) is 0 Å². The highest BCUT2D eigenvalue weighted by Crippen LogP contribution is 2.28. The Bertz CT molecular complexity index is 611. The second-order valence-electron chi connectivity index (χ2n) is 4.42. The third kappa shape index (κ3) is 3.31.